The van der Waals surface area contributed by atoms with Crippen molar-refractivity contribution in [2.75, 3.05) is 5.43 Å². The molecular weight excluding hydrogens is 256 g/mol. The Balaban J connectivity index is 2.10. The number of nitrogens with one attached hydrogen (secondary N) is 1. The highest BCUT2D eigenvalue weighted by atomic mass is 16.6. The van der Waals surface area contributed by atoms with E-state index in [0.29, 0.717) is 11.3 Å². The fourth-order valence-electron chi connectivity index (χ4n) is 1.55. The van der Waals surface area contributed by atoms with E-state index in [0.717, 1.165) is 5.56 Å². The molecule has 2 aromatic carbocycles. The summed E-state index contributed by atoms with van der Waals surface area (Å²) < 4.78 is 0. The summed E-state index contributed by atoms with van der Waals surface area (Å²) in [5.41, 5.74) is 4.27. The van der Waals surface area contributed by atoms with Crippen LogP contribution in [-0.2, 0) is 0 Å². The van der Waals surface area contributed by atoms with Gasteiger partial charge in [-0.15, -0.1) is 0 Å². The van der Waals surface area contributed by atoms with Crippen LogP contribution in [0.15, 0.2) is 53.6 Å². The summed E-state index contributed by atoms with van der Waals surface area (Å²) in [5.74, 6) is 0. The topological polar surface area (TPSA) is 91.3 Å². The van der Waals surface area contributed by atoms with Gasteiger partial charge in [-0.3, -0.25) is 15.5 Å². The molecular formula is C14H10N4O2. The summed E-state index contributed by atoms with van der Waals surface area (Å²) in [6, 6.07) is 15.1. The summed E-state index contributed by atoms with van der Waals surface area (Å²) in [7, 11) is 0. The molecule has 0 aliphatic carbocycles. The Hall–Kier alpha value is -3.20. The molecule has 0 saturated carbocycles. The molecule has 6 nitrogen and oxygen atoms in total. The molecule has 2 aromatic rings. The van der Waals surface area contributed by atoms with Crippen molar-refractivity contribution in [3.63, 3.8) is 0 Å². The van der Waals surface area contributed by atoms with Gasteiger partial charge in [0.05, 0.1) is 22.8 Å². The van der Waals surface area contributed by atoms with Crippen LogP contribution in [0.3, 0.4) is 0 Å². The number of para-hydroxylation sites is 2. The van der Waals surface area contributed by atoms with Gasteiger partial charge >= 0.3 is 0 Å². The molecule has 0 atom stereocenters. The summed E-state index contributed by atoms with van der Waals surface area (Å²) in [6.07, 6.45) is 1.53. The maximum Gasteiger partial charge on any atom is 0.294 e. The number of nitriles is 1. The third kappa shape index (κ3) is 3.17. The monoisotopic (exact) mass is 266 g/mol. The Bertz CT molecular complexity index is 687. The molecule has 0 spiro atoms. The van der Waals surface area contributed by atoms with E-state index in [2.05, 4.69) is 10.5 Å². The first-order valence-electron chi connectivity index (χ1n) is 5.73. The summed E-state index contributed by atoms with van der Waals surface area (Å²) >= 11 is 0. The molecule has 0 bridgehead atoms. The van der Waals surface area contributed by atoms with E-state index in [-0.39, 0.29) is 5.69 Å². The molecule has 0 radical (unpaired) electrons. The Morgan fingerprint density at radius 1 is 1.20 bits per heavy atom. The van der Waals surface area contributed by atoms with Crippen molar-refractivity contribution < 1.29 is 4.92 Å². The standard InChI is InChI=1S/C14H10N4O2/c15-9-11-5-7-12(8-6-11)10-16-17-13-3-1-2-4-14(13)18(19)20/h1-8,10,17H/b16-10-. The highest BCUT2D eigenvalue weighted by Crippen LogP contribution is 2.22. The summed E-state index contributed by atoms with van der Waals surface area (Å²) in [5, 5.41) is 23.4. The van der Waals surface area contributed by atoms with Crippen molar-refractivity contribution >= 4 is 17.6 Å². The van der Waals surface area contributed by atoms with Crippen LogP contribution in [0.5, 0.6) is 0 Å². The molecule has 0 aromatic heterocycles. The second kappa shape index (κ2) is 6.11. The number of benzene rings is 2. The maximum absolute atomic E-state index is 10.8. The van der Waals surface area contributed by atoms with Gasteiger partial charge in [0.1, 0.15) is 5.69 Å². The van der Waals surface area contributed by atoms with Gasteiger partial charge in [-0.1, -0.05) is 24.3 Å². The molecule has 0 aliphatic rings. The molecule has 2 rings (SSSR count). The Kier molecular flexibility index (Phi) is 4.04. The normalized spacial score (nSPS) is 10.2. The number of anilines is 1. The predicted molar refractivity (Wildman–Crippen MR) is 75.5 cm³/mol. The molecule has 6 heteroatoms. The van der Waals surface area contributed by atoms with E-state index in [1.807, 2.05) is 6.07 Å². The van der Waals surface area contributed by atoms with E-state index in [1.54, 1.807) is 42.5 Å². The van der Waals surface area contributed by atoms with Crippen molar-refractivity contribution in [1.82, 2.24) is 0 Å². The largest absolute Gasteiger partial charge is 0.294 e. The van der Waals surface area contributed by atoms with E-state index in [4.69, 9.17) is 5.26 Å². The SMILES string of the molecule is N#Cc1ccc(/C=N\Nc2ccccc2[N+](=O)[O-])cc1. The van der Waals surface area contributed by atoms with Crippen molar-refractivity contribution in [3.8, 4) is 6.07 Å². The minimum atomic E-state index is -0.473. The van der Waals surface area contributed by atoms with Gasteiger partial charge in [-0.05, 0) is 23.8 Å². The lowest BCUT2D eigenvalue weighted by Crippen LogP contribution is -1.96. The minimum Gasteiger partial charge on any atom is -0.272 e. The average Bonchev–Trinajstić information content (AvgIpc) is 2.48. The fourth-order valence-corrected chi connectivity index (χ4v) is 1.55. The molecule has 1 N–H and O–H groups in total. The quantitative estimate of drug-likeness (QED) is 0.523. The van der Waals surface area contributed by atoms with Gasteiger partial charge in [-0.2, -0.15) is 10.4 Å². The van der Waals surface area contributed by atoms with Crippen molar-refractivity contribution in [3.05, 3.63) is 69.8 Å². The maximum atomic E-state index is 10.8. The lowest BCUT2D eigenvalue weighted by Gasteiger charge is -2.01. The summed E-state index contributed by atoms with van der Waals surface area (Å²) in [6.45, 7) is 0. The van der Waals surface area contributed by atoms with E-state index in [1.165, 1.54) is 12.3 Å². The molecule has 98 valence electrons. The lowest BCUT2D eigenvalue weighted by atomic mass is 10.2. The third-order valence-corrected chi connectivity index (χ3v) is 2.54. The molecule has 0 fully saturated rings. The van der Waals surface area contributed by atoms with Crippen LogP contribution in [0.1, 0.15) is 11.1 Å². The number of nitrogens with zero attached hydrogens (tertiary/aromatic N) is 3. The first-order chi connectivity index (χ1) is 9.70. The number of hydrogen-bond acceptors (Lipinski definition) is 5. The van der Waals surface area contributed by atoms with Crippen LogP contribution in [0.25, 0.3) is 0 Å². The predicted octanol–water partition coefficient (Wildman–Crippen LogP) is 2.91. The number of rotatable bonds is 4. The molecule has 20 heavy (non-hydrogen) atoms. The van der Waals surface area contributed by atoms with Crippen LogP contribution in [0.4, 0.5) is 11.4 Å². The van der Waals surface area contributed by atoms with Crippen molar-refractivity contribution in [2.45, 2.75) is 0 Å². The van der Waals surface area contributed by atoms with E-state index < -0.39 is 4.92 Å². The smallest absolute Gasteiger partial charge is 0.272 e. The van der Waals surface area contributed by atoms with Gasteiger partial charge in [-0.25, -0.2) is 0 Å². The van der Waals surface area contributed by atoms with Crippen LogP contribution in [0.2, 0.25) is 0 Å². The first kappa shape index (κ1) is 13.2. The molecule has 0 aliphatic heterocycles. The molecule has 0 saturated heterocycles. The first-order valence-corrected chi connectivity index (χ1v) is 5.73. The number of hydrazone groups is 1. The Morgan fingerprint density at radius 3 is 2.55 bits per heavy atom. The lowest BCUT2D eigenvalue weighted by molar-refractivity contribution is -0.384. The van der Waals surface area contributed by atoms with Crippen LogP contribution >= 0.6 is 0 Å². The van der Waals surface area contributed by atoms with Gasteiger partial charge in [0.2, 0.25) is 0 Å². The zero-order chi connectivity index (χ0) is 14.4. The minimum absolute atomic E-state index is 0.0375. The van der Waals surface area contributed by atoms with E-state index in [9.17, 15) is 10.1 Å². The van der Waals surface area contributed by atoms with Crippen LogP contribution < -0.4 is 5.43 Å². The van der Waals surface area contributed by atoms with E-state index >= 15 is 0 Å². The number of nitro benzene ring substituents is 1. The van der Waals surface area contributed by atoms with Crippen molar-refractivity contribution in [1.29, 1.82) is 5.26 Å². The number of hydrogen-bond donors (Lipinski definition) is 1. The zero-order valence-electron chi connectivity index (χ0n) is 10.4. The van der Waals surface area contributed by atoms with Crippen LogP contribution in [-0.4, -0.2) is 11.1 Å². The van der Waals surface area contributed by atoms with Gasteiger partial charge in [0, 0.05) is 6.07 Å². The second-order valence-electron chi connectivity index (χ2n) is 3.88. The molecule has 0 heterocycles. The van der Waals surface area contributed by atoms with Crippen molar-refractivity contribution in [2.24, 2.45) is 5.10 Å². The van der Waals surface area contributed by atoms with Crippen LogP contribution in [0, 0.1) is 21.4 Å². The Morgan fingerprint density at radius 2 is 1.90 bits per heavy atom. The fraction of sp³-hybridized carbons (Fsp3) is 0. The second-order valence-corrected chi connectivity index (χ2v) is 3.88. The number of nitro groups is 1. The highest BCUT2D eigenvalue weighted by molar-refractivity contribution is 5.80. The highest BCUT2D eigenvalue weighted by Gasteiger charge is 2.10. The Labute approximate surface area is 115 Å². The molecule has 0 amide bonds. The van der Waals surface area contributed by atoms with Gasteiger partial charge < -0.3 is 0 Å². The molecule has 0 unspecified atom stereocenters. The third-order valence-electron chi connectivity index (χ3n) is 2.54. The average molecular weight is 266 g/mol. The van der Waals surface area contributed by atoms with Gasteiger partial charge in [0.25, 0.3) is 5.69 Å². The summed E-state index contributed by atoms with van der Waals surface area (Å²) in [4.78, 5) is 10.3. The van der Waals surface area contributed by atoms with Gasteiger partial charge in [0.15, 0.2) is 0 Å². The zero-order valence-corrected chi connectivity index (χ0v) is 10.4.